The van der Waals surface area contributed by atoms with Crippen molar-refractivity contribution in [2.24, 2.45) is 23.5 Å². The summed E-state index contributed by atoms with van der Waals surface area (Å²) >= 11 is 0. The average molecular weight is 479 g/mol. The molecule has 34 heavy (non-hydrogen) atoms. The molecule has 0 fully saturated rings. The fraction of sp³-hybridized carbons (Fsp3) is 0.708. The van der Waals surface area contributed by atoms with Gasteiger partial charge in [-0.1, -0.05) is 41.5 Å². The van der Waals surface area contributed by atoms with Crippen molar-refractivity contribution in [2.75, 3.05) is 0 Å². The minimum absolute atomic E-state index is 0.0971. The highest BCUT2D eigenvalue weighted by Gasteiger charge is 2.30. The number of carbonyl (C=O) groups is 4. The second kappa shape index (κ2) is 14.4. The monoisotopic (exact) mass is 478 g/mol. The number of amides is 4. The Balaban J connectivity index is 2.99. The summed E-state index contributed by atoms with van der Waals surface area (Å²) in [5.74, 6) is -1.20. The van der Waals surface area contributed by atoms with Gasteiger partial charge in [-0.2, -0.15) is 0 Å². The number of aromatic nitrogens is 2. The first kappa shape index (κ1) is 29.1. The number of nitrogens with two attached hydrogens (primary N) is 1. The Morgan fingerprint density at radius 1 is 0.853 bits per heavy atom. The van der Waals surface area contributed by atoms with E-state index in [2.05, 4.69) is 25.9 Å². The van der Waals surface area contributed by atoms with Crippen molar-refractivity contribution in [2.45, 2.75) is 91.8 Å². The zero-order valence-electron chi connectivity index (χ0n) is 21.3. The summed E-state index contributed by atoms with van der Waals surface area (Å²) in [7, 11) is 0. The molecule has 0 saturated heterocycles. The number of aromatic amines is 1. The SMILES string of the molecule is CC(C)CCC(=O)N[C@@H](Cc1cnc[nH]1)C(=O)N[C@@H](CC(C)C)C(=O)N[C@@H](CC(C)C)C(N)=O. The third-order valence-electron chi connectivity index (χ3n) is 5.29. The van der Waals surface area contributed by atoms with Crippen LogP contribution in [-0.4, -0.2) is 51.7 Å². The third-order valence-corrected chi connectivity index (χ3v) is 5.29. The number of nitrogens with zero attached hydrogens (tertiary/aromatic N) is 1. The first-order chi connectivity index (χ1) is 15.9. The van der Waals surface area contributed by atoms with Gasteiger partial charge in [-0.15, -0.1) is 0 Å². The Labute approximate surface area is 202 Å². The van der Waals surface area contributed by atoms with Gasteiger partial charge in [0.25, 0.3) is 0 Å². The summed E-state index contributed by atoms with van der Waals surface area (Å²) < 4.78 is 0. The van der Waals surface area contributed by atoms with Gasteiger partial charge in [0, 0.05) is 24.7 Å². The Morgan fingerprint density at radius 3 is 1.91 bits per heavy atom. The number of rotatable bonds is 15. The van der Waals surface area contributed by atoms with Gasteiger partial charge in [0.1, 0.15) is 18.1 Å². The summed E-state index contributed by atoms with van der Waals surface area (Å²) in [6.07, 6.45) is 5.05. The maximum atomic E-state index is 13.2. The maximum Gasteiger partial charge on any atom is 0.243 e. The van der Waals surface area contributed by atoms with Gasteiger partial charge in [0.05, 0.1) is 6.33 Å². The van der Waals surface area contributed by atoms with Gasteiger partial charge in [0.15, 0.2) is 0 Å². The van der Waals surface area contributed by atoms with Crippen LogP contribution < -0.4 is 21.7 Å². The summed E-state index contributed by atoms with van der Waals surface area (Å²) in [6, 6.07) is -2.58. The molecule has 4 amide bonds. The third kappa shape index (κ3) is 11.3. The van der Waals surface area contributed by atoms with E-state index in [0.717, 1.165) is 0 Å². The van der Waals surface area contributed by atoms with E-state index < -0.39 is 35.8 Å². The van der Waals surface area contributed by atoms with E-state index in [1.54, 1.807) is 6.20 Å². The number of carbonyl (C=O) groups excluding carboxylic acids is 4. The molecule has 0 aromatic carbocycles. The Kier molecular flexibility index (Phi) is 12.3. The number of nitrogens with one attached hydrogen (secondary N) is 4. The fourth-order valence-corrected chi connectivity index (χ4v) is 3.48. The number of H-pyrrole nitrogens is 1. The highest BCUT2D eigenvalue weighted by Crippen LogP contribution is 2.10. The lowest BCUT2D eigenvalue weighted by molar-refractivity contribution is -0.133. The summed E-state index contributed by atoms with van der Waals surface area (Å²) in [6.45, 7) is 11.8. The normalized spacial score (nSPS) is 14.0. The van der Waals surface area contributed by atoms with Crippen molar-refractivity contribution in [1.29, 1.82) is 0 Å². The van der Waals surface area contributed by atoms with Crippen LogP contribution in [-0.2, 0) is 25.6 Å². The molecule has 0 radical (unpaired) electrons. The zero-order valence-corrected chi connectivity index (χ0v) is 21.3. The maximum absolute atomic E-state index is 13.2. The number of hydrogen-bond donors (Lipinski definition) is 5. The molecule has 1 aromatic rings. The quantitative estimate of drug-likeness (QED) is 0.257. The van der Waals surface area contributed by atoms with Crippen molar-refractivity contribution in [3.05, 3.63) is 18.2 Å². The molecule has 0 saturated carbocycles. The number of hydrogen-bond acceptors (Lipinski definition) is 5. The van der Waals surface area contributed by atoms with Crippen molar-refractivity contribution in [1.82, 2.24) is 25.9 Å². The van der Waals surface area contributed by atoms with Crippen LogP contribution in [0.15, 0.2) is 12.5 Å². The second-order valence-corrected chi connectivity index (χ2v) is 10.1. The van der Waals surface area contributed by atoms with Gasteiger partial charge in [-0.25, -0.2) is 4.98 Å². The van der Waals surface area contributed by atoms with Gasteiger partial charge in [0.2, 0.25) is 23.6 Å². The summed E-state index contributed by atoms with van der Waals surface area (Å²) in [5.41, 5.74) is 6.15. The van der Waals surface area contributed by atoms with Crippen LogP contribution in [0.1, 0.15) is 72.9 Å². The number of primary amides is 1. The van der Waals surface area contributed by atoms with Gasteiger partial charge < -0.3 is 26.7 Å². The summed E-state index contributed by atoms with van der Waals surface area (Å²) in [4.78, 5) is 57.4. The zero-order chi connectivity index (χ0) is 25.8. The summed E-state index contributed by atoms with van der Waals surface area (Å²) in [5, 5.41) is 8.25. The molecule has 3 atom stereocenters. The van der Waals surface area contributed by atoms with E-state index >= 15 is 0 Å². The smallest absolute Gasteiger partial charge is 0.243 e. The van der Waals surface area contributed by atoms with Gasteiger partial charge >= 0.3 is 0 Å². The molecule has 0 unspecified atom stereocenters. The van der Waals surface area contributed by atoms with Crippen LogP contribution in [0.5, 0.6) is 0 Å². The van der Waals surface area contributed by atoms with Crippen molar-refractivity contribution >= 4 is 23.6 Å². The molecule has 10 heteroatoms. The minimum Gasteiger partial charge on any atom is -0.368 e. The molecule has 1 heterocycles. The molecular weight excluding hydrogens is 436 g/mol. The lowest BCUT2D eigenvalue weighted by atomic mass is 9.99. The second-order valence-electron chi connectivity index (χ2n) is 10.1. The van der Waals surface area contributed by atoms with Crippen LogP contribution in [0, 0.1) is 17.8 Å². The fourth-order valence-electron chi connectivity index (χ4n) is 3.48. The molecule has 192 valence electrons. The molecule has 1 aromatic heterocycles. The number of imidazole rings is 1. The van der Waals surface area contributed by atoms with E-state index in [0.29, 0.717) is 37.3 Å². The van der Waals surface area contributed by atoms with Crippen molar-refractivity contribution in [3.63, 3.8) is 0 Å². The molecule has 0 aliphatic carbocycles. The van der Waals surface area contributed by atoms with E-state index in [9.17, 15) is 19.2 Å². The topological polar surface area (TPSA) is 159 Å². The molecule has 10 nitrogen and oxygen atoms in total. The predicted octanol–water partition coefficient (Wildman–Crippen LogP) is 1.42. The highest BCUT2D eigenvalue weighted by atomic mass is 16.2. The molecule has 1 rings (SSSR count). The lowest BCUT2D eigenvalue weighted by Gasteiger charge is -2.26. The molecular formula is C24H42N6O4. The van der Waals surface area contributed by atoms with Crippen LogP contribution in [0.25, 0.3) is 0 Å². The van der Waals surface area contributed by atoms with E-state index in [1.807, 2.05) is 41.5 Å². The molecule has 0 aliphatic heterocycles. The van der Waals surface area contributed by atoms with Crippen molar-refractivity contribution < 1.29 is 19.2 Å². The van der Waals surface area contributed by atoms with Crippen molar-refractivity contribution in [3.8, 4) is 0 Å². The Morgan fingerprint density at radius 2 is 1.41 bits per heavy atom. The van der Waals surface area contributed by atoms with E-state index in [-0.39, 0.29) is 24.2 Å². The Bertz CT molecular complexity index is 791. The van der Waals surface area contributed by atoms with Crippen LogP contribution in [0.2, 0.25) is 0 Å². The first-order valence-corrected chi connectivity index (χ1v) is 12.1. The van der Waals surface area contributed by atoms with Crippen LogP contribution >= 0.6 is 0 Å². The highest BCUT2D eigenvalue weighted by molar-refractivity contribution is 5.94. The average Bonchev–Trinajstić information content (AvgIpc) is 3.23. The largest absolute Gasteiger partial charge is 0.368 e. The first-order valence-electron chi connectivity index (χ1n) is 12.1. The van der Waals surface area contributed by atoms with Crippen LogP contribution in [0.3, 0.4) is 0 Å². The van der Waals surface area contributed by atoms with Crippen LogP contribution in [0.4, 0.5) is 0 Å². The molecule has 0 aliphatic rings. The molecule has 0 bridgehead atoms. The molecule has 6 N–H and O–H groups in total. The van der Waals surface area contributed by atoms with E-state index in [4.69, 9.17) is 5.73 Å². The lowest BCUT2D eigenvalue weighted by Crippen LogP contribution is -2.57. The Hall–Kier alpha value is -2.91. The minimum atomic E-state index is -0.884. The standard InChI is InChI=1S/C24H42N6O4/c1-14(2)7-8-21(31)28-20(11-17-12-26-13-27-17)24(34)30-19(10-16(5)6)23(33)29-18(22(25)32)9-15(3)4/h12-16,18-20H,7-11H2,1-6H3,(H2,25,32)(H,26,27)(H,28,31)(H,29,33)(H,30,34)/t18-,19-,20-/m0/s1. The predicted molar refractivity (Wildman–Crippen MR) is 130 cm³/mol. The van der Waals surface area contributed by atoms with Gasteiger partial charge in [-0.3, -0.25) is 19.2 Å². The van der Waals surface area contributed by atoms with Gasteiger partial charge in [-0.05, 0) is 37.0 Å². The van der Waals surface area contributed by atoms with E-state index in [1.165, 1.54) is 6.33 Å². The molecule has 0 spiro atoms.